The Morgan fingerprint density at radius 1 is 1.04 bits per heavy atom. The number of rotatable bonds is 6. The number of nitrogens with zero attached hydrogens (tertiary/aromatic N) is 1. The molecule has 1 amide bonds. The van der Waals surface area contributed by atoms with Crippen molar-refractivity contribution < 1.29 is 18.3 Å². The van der Waals surface area contributed by atoms with Gasteiger partial charge in [-0.05, 0) is 30.3 Å². The van der Waals surface area contributed by atoms with Gasteiger partial charge in [-0.3, -0.25) is 4.79 Å². The van der Waals surface area contributed by atoms with Crippen molar-refractivity contribution in [2.24, 2.45) is 0 Å². The van der Waals surface area contributed by atoms with Crippen molar-refractivity contribution in [3.8, 4) is 5.75 Å². The zero-order valence-corrected chi connectivity index (χ0v) is 14.5. The van der Waals surface area contributed by atoms with Crippen LogP contribution >= 0.6 is 0 Å². The third-order valence-electron chi connectivity index (χ3n) is 3.85. The standard InChI is InChI=1S/C20H17F2N3O2/c1-27-19-5-3-2-4-13(19)11-23-15-7-9-18(24-12-15)20(26)25-14-6-8-16(21)17(22)10-14/h2-10,12,23H,11H2,1H3,(H,25,26). The van der Waals surface area contributed by atoms with Crippen molar-refractivity contribution in [3.05, 3.63) is 83.7 Å². The predicted octanol–water partition coefficient (Wildman–Crippen LogP) is 4.23. The number of carbonyl (C=O) groups excluding carboxylic acids is 1. The minimum absolute atomic E-state index is 0.152. The molecule has 1 aromatic heterocycles. The smallest absolute Gasteiger partial charge is 0.274 e. The van der Waals surface area contributed by atoms with Gasteiger partial charge in [0.05, 0.1) is 19.0 Å². The van der Waals surface area contributed by atoms with Gasteiger partial charge in [0.1, 0.15) is 11.4 Å². The highest BCUT2D eigenvalue weighted by Gasteiger charge is 2.10. The third kappa shape index (κ3) is 4.58. The van der Waals surface area contributed by atoms with E-state index in [1.54, 1.807) is 19.2 Å². The van der Waals surface area contributed by atoms with E-state index in [0.717, 1.165) is 29.1 Å². The molecule has 0 spiro atoms. The van der Waals surface area contributed by atoms with Crippen LogP contribution in [-0.2, 0) is 6.54 Å². The minimum atomic E-state index is -1.03. The van der Waals surface area contributed by atoms with Crippen LogP contribution in [0.25, 0.3) is 0 Å². The lowest BCUT2D eigenvalue weighted by Gasteiger charge is -2.10. The number of nitrogens with one attached hydrogen (secondary N) is 2. The normalized spacial score (nSPS) is 10.3. The predicted molar refractivity (Wildman–Crippen MR) is 98.9 cm³/mol. The summed E-state index contributed by atoms with van der Waals surface area (Å²) in [5.41, 5.74) is 2.02. The van der Waals surface area contributed by atoms with E-state index in [2.05, 4.69) is 15.6 Å². The Bertz CT molecular complexity index is 946. The number of carbonyl (C=O) groups is 1. The summed E-state index contributed by atoms with van der Waals surface area (Å²) >= 11 is 0. The molecule has 1 heterocycles. The number of para-hydroxylation sites is 1. The highest BCUT2D eigenvalue weighted by Crippen LogP contribution is 2.19. The number of anilines is 2. The molecular weight excluding hydrogens is 352 g/mol. The van der Waals surface area contributed by atoms with Crippen molar-refractivity contribution in [1.29, 1.82) is 0 Å². The molecule has 0 aliphatic rings. The summed E-state index contributed by atoms with van der Waals surface area (Å²) in [6.45, 7) is 0.534. The fourth-order valence-electron chi connectivity index (χ4n) is 2.45. The first-order valence-electron chi connectivity index (χ1n) is 8.15. The summed E-state index contributed by atoms with van der Waals surface area (Å²) < 4.78 is 31.4. The molecular formula is C20H17F2N3O2. The number of pyridine rings is 1. The van der Waals surface area contributed by atoms with E-state index in [-0.39, 0.29) is 11.4 Å². The van der Waals surface area contributed by atoms with Crippen molar-refractivity contribution in [2.75, 3.05) is 17.7 Å². The number of amides is 1. The van der Waals surface area contributed by atoms with Crippen LogP contribution in [0.1, 0.15) is 16.1 Å². The van der Waals surface area contributed by atoms with E-state index in [1.807, 2.05) is 24.3 Å². The van der Waals surface area contributed by atoms with E-state index in [9.17, 15) is 13.6 Å². The fraction of sp³-hybridized carbons (Fsp3) is 0.100. The zero-order valence-electron chi connectivity index (χ0n) is 14.5. The molecule has 138 valence electrons. The summed E-state index contributed by atoms with van der Waals surface area (Å²) in [5, 5.41) is 5.67. The van der Waals surface area contributed by atoms with E-state index in [0.29, 0.717) is 6.54 Å². The Kier molecular flexibility index (Phi) is 5.61. The van der Waals surface area contributed by atoms with Gasteiger partial charge in [-0.1, -0.05) is 18.2 Å². The van der Waals surface area contributed by atoms with Crippen LogP contribution in [0.2, 0.25) is 0 Å². The van der Waals surface area contributed by atoms with Crippen molar-refractivity contribution in [2.45, 2.75) is 6.54 Å². The summed E-state index contributed by atoms with van der Waals surface area (Å²) in [7, 11) is 1.61. The van der Waals surface area contributed by atoms with Gasteiger partial charge in [0, 0.05) is 23.9 Å². The zero-order chi connectivity index (χ0) is 19.2. The first-order chi connectivity index (χ1) is 13.1. The first kappa shape index (κ1) is 18.3. The quantitative estimate of drug-likeness (QED) is 0.682. The van der Waals surface area contributed by atoms with E-state index in [4.69, 9.17) is 4.74 Å². The molecule has 0 saturated carbocycles. The average molecular weight is 369 g/mol. The monoisotopic (exact) mass is 369 g/mol. The van der Waals surface area contributed by atoms with Gasteiger partial charge < -0.3 is 15.4 Å². The maximum atomic E-state index is 13.2. The molecule has 3 aromatic rings. The molecule has 27 heavy (non-hydrogen) atoms. The van der Waals surface area contributed by atoms with Crippen molar-refractivity contribution in [3.63, 3.8) is 0 Å². The molecule has 7 heteroatoms. The van der Waals surface area contributed by atoms with Gasteiger partial charge in [0.2, 0.25) is 0 Å². The Morgan fingerprint density at radius 2 is 1.81 bits per heavy atom. The topological polar surface area (TPSA) is 63.2 Å². The molecule has 0 bridgehead atoms. The van der Waals surface area contributed by atoms with Crippen LogP contribution in [0, 0.1) is 11.6 Å². The number of ether oxygens (including phenoxy) is 1. The van der Waals surface area contributed by atoms with Gasteiger partial charge >= 0.3 is 0 Å². The fourth-order valence-corrected chi connectivity index (χ4v) is 2.45. The van der Waals surface area contributed by atoms with E-state index < -0.39 is 17.5 Å². The molecule has 0 aliphatic carbocycles. The molecule has 0 saturated heterocycles. The average Bonchev–Trinajstić information content (AvgIpc) is 2.69. The molecule has 0 radical (unpaired) electrons. The lowest BCUT2D eigenvalue weighted by Crippen LogP contribution is -2.14. The van der Waals surface area contributed by atoms with Gasteiger partial charge in [0.15, 0.2) is 11.6 Å². The number of hydrogen-bond acceptors (Lipinski definition) is 4. The molecule has 5 nitrogen and oxygen atoms in total. The third-order valence-corrected chi connectivity index (χ3v) is 3.85. The van der Waals surface area contributed by atoms with Crippen LogP contribution in [0.5, 0.6) is 5.75 Å². The minimum Gasteiger partial charge on any atom is -0.496 e. The molecule has 3 rings (SSSR count). The highest BCUT2D eigenvalue weighted by atomic mass is 19.2. The number of benzene rings is 2. The van der Waals surface area contributed by atoms with Crippen molar-refractivity contribution in [1.82, 2.24) is 4.98 Å². The Labute approximate surface area is 155 Å². The van der Waals surface area contributed by atoms with Crippen LogP contribution < -0.4 is 15.4 Å². The number of hydrogen-bond donors (Lipinski definition) is 2. The molecule has 0 fully saturated rings. The largest absolute Gasteiger partial charge is 0.496 e. The maximum Gasteiger partial charge on any atom is 0.274 e. The van der Waals surface area contributed by atoms with E-state index >= 15 is 0 Å². The van der Waals surface area contributed by atoms with Gasteiger partial charge in [-0.2, -0.15) is 0 Å². The number of aromatic nitrogens is 1. The summed E-state index contributed by atoms with van der Waals surface area (Å²) in [4.78, 5) is 16.3. The molecule has 0 unspecified atom stereocenters. The Hall–Kier alpha value is -3.48. The second-order valence-corrected chi connectivity index (χ2v) is 5.68. The second kappa shape index (κ2) is 8.27. The molecule has 2 aromatic carbocycles. The van der Waals surface area contributed by atoms with Crippen LogP contribution in [-0.4, -0.2) is 18.0 Å². The summed E-state index contributed by atoms with van der Waals surface area (Å²) in [5.74, 6) is -1.74. The molecule has 2 N–H and O–H groups in total. The van der Waals surface area contributed by atoms with E-state index in [1.165, 1.54) is 12.3 Å². The van der Waals surface area contributed by atoms with Crippen LogP contribution in [0.15, 0.2) is 60.8 Å². The van der Waals surface area contributed by atoms with Gasteiger partial charge in [0.25, 0.3) is 5.91 Å². The highest BCUT2D eigenvalue weighted by molar-refractivity contribution is 6.02. The molecule has 0 aliphatic heterocycles. The van der Waals surface area contributed by atoms with Crippen LogP contribution in [0.3, 0.4) is 0 Å². The lowest BCUT2D eigenvalue weighted by molar-refractivity contribution is 0.102. The number of halogens is 2. The first-order valence-corrected chi connectivity index (χ1v) is 8.15. The summed E-state index contributed by atoms with van der Waals surface area (Å²) in [6.07, 6.45) is 1.52. The summed E-state index contributed by atoms with van der Waals surface area (Å²) in [6, 6.07) is 14.0. The SMILES string of the molecule is COc1ccccc1CNc1ccc(C(=O)Nc2ccc(F)c(F)c2)nc1. The maximum absolute atomic E-state index is 13.2. The number of methoxy groups -OCH3 is 1. The Balaban J connectivity index is 1.62. The van der Waals surface area contributed by atoms with Gasteiger partial charge in [-0.25, -0.2) is 13.8 Å². The van der Waals surface area contributed by atoms with Crippen molar-refractivity contribution >= 4 is 17.3 Å². The van der Waals surface area contributed by atoms with Crippen LogP contribution in [0.4, 0.5) is 20.2 Å². The molecule has 0 atom stereocenters. The second-order valence-electron chi connectivity index (χ2n) is 5.68. The van der Waals surface area contributed by atoms with Gasteiger partial charge in [-0.15, -0.1) is 0 Å². The lowest BCUT2D eigenvalue weighted by atomic mass is 10.2. The Morgan fingerprint density at radius 3 is 2.52 bits per heavy atom.